The summed E-state index contributed by atoms with van der Waals surface area (Å²) in [6.45, 7) is 0. The Labute approximate surface area is 225 Å². The molecule has 0 bridgehead atoms. The van der Waals surface area contributed by atoms with Crippen molar-refractivity contribution in [2.75, 3.05) is 0 Å². The summed E-state index contributed by atoms with van der Waals surface area (Å²) in [5, 5.41) is 21.4. The minimum atomic E-state index is -5.58. The number of carbonyl (C=O) groups excluding carboxylic acids is 2. The van der Waals surface area contributed by atoms with Crippen LogP contribution in [0.1, 0.15) is 20.7 Å². The maximum absolute atomic E-state index is 10.9. The molecule has 0 saturated carbocycles. The first-order valence-electron chi connectivity index (χ1n) is 4.38. The van der Waals surface area contributed by atoms with Gasteiger partial charge < -0.3 is 28.9 Å². The minimum Gasteiger partial charge on any atom is -0.744 e. The number of carboxylic acid groups (broad SMARTS) is 2. The Morgan fingerprint density at radius 3 is 1.42 bits per heavy atom. The second-order valence-electron chi connectivity index (χ2n) is 3.33. The molecule has 10 nitrogen and oxygen atoms in total. The monoisotopic (exact) mass is 414 g/mol. The summed E-state index contributed by atoms with van der Waals surface area (Å²) in [6, 6.07) is 0.0136. The number of carbonyl (C=O) groups is 2. The summed E-state index contributed by atoms with van der Waals surface area (Å²) in [6.07, 6.45) is 0. The van der Waals surface area contributed by atoms with Crippen LogP contribution in [0.3, 0.4) is 0 Å². The SMILES string of the molecule is O=C([O-])c1cc(S(=O)(=O)[O-])cc(S(=O)(=O)[O-])c1C(=O)[O-].[Na+].[Na+].[Na+].[Na+]. The Bertz CT molecular complexity index is 818. The molecule has 1 aromatic carbocycles. The van der Waals surface area contributed by atoms with Crippen molar-refractivity contribution in [3.05, 3.63) is 23.3 Å². The van der Waals surface area contributed by atoms with E-state index in [-0.39, 0.29) is 130 Å². The van der Waals surface area contributed by atoms with Crippen molar-refractivity contribution in [1.29, 1.82) is 0 Å². The fourth-order valence-electron chi connectivity index (χ4n) is 1.30. The summed E-state index contributed by atoms with van der Waals surface area (Å²) in [7, 11) is -10.9. The summed E-state index contributed by atoms with van der Waals surface area (Å²) >= 11 is 0. The third kappa shape index (κ3) is 8.78. The first-order valence-corrected chi connectivity index (χ1v) is 7.20. The van der Waals surface area contributed by atoms with E-state index in [1.807, 2.05) is 0 Å². The zero-order valence-corrected chi connectivity index (χ0v) is 22.7. The van der Waals surface area contributed by atoms with Crippen molar-refractivity contribution < 1.29 is 164 Å². The molecule has 110 valence electrons. The predicted molar refractivity (Wildman–Crippen MR) is 51.0 cm³/mol. The number of carboxylic acids is 2. The quantitative estimate of drug-likeness (QED) is 0.337. The third-order valence-electron chi connectivity index (χ3n) is 2.06. The van der Waals surface area contributed by atoms with Crippen molar-refractivity contribution in [2.45, 2.75) is 9.79 Å². The fraction of sp³-hybridized carbons (Fsp3) is 0. The standard InChI is InChI=1S/C8H6O10S2.4Na/c9-7(10)4-1-3(19(13,14)15)2-5(20(16,17)18)6(4)8(11)12;;;;/h1-2H,(H,9,10)(H,11,12)(H,13,14,15)(H,16,17,18);;;;/q;4*+1/p-4. The molecule has 1 rings (SSSR count). The Morgan fingerprint density at radius 2 is 1.17 bits per heavy atom. The molecule has 24 heavy (non-hydrogen) atoms. The Balaban J connectivity index is -0.000000500. The van der Waals surface area contributed by atoms with Crippen molar-refractivity contribution in [1.82, 2.24) is 0 Å². The van der Waals surface area contributed by atoms with Crippen LogP contribution in [0.4, 0.5) is 0 Å². The van der Waals surface area contributed by atoms with Crippen LogP contribution in [0.2, 0.25) is 0 Å². The molecule has 0 aliphatic heterocycles. The van der Waals surface area contributed by atoms with Crippen LogP contribution in [-0.2, 0) is 20.2 Å². The predicted octanol–water partition coefficient (Wildman–Crippen LogP) is -15.8. The molecule has 0 radical (unpaired) electrons. The van der Waals surface area contributed by atoms with Gasteiger partial charge in [-0.3, -0.25) is 0 Å². The van der Waals surface area contributed by atoms with Gasteiger partial charge in [0.2, 0.25) is 0 Å². The second kappa shape index (κ2) is 12.4. The van der Waals surface area contributed by atoms with E-state index < -0.39 is 53.1 Å². The number of hydrogen-bond donors (Lipinski definition) is 0. The van der Waals surface area contributed by atoms with Gasteiger partial charge in [-0.25, -0.2) is 16.8 Å². The second-order valence-corrected chi connectivity index (χ2v) is 6.05. The molecule has 0 saturated heterocycles. The number of hydrogen-bond acceptors (Lipinski definition) is 10. The smallest absolute Gasteiger partial charge is 0.744 e. The molecular formula is C8H2Na4O10S2. The van der Waals surface area contributed by atoms with Crippen LogP contribution in [0.15, 0.2) is 21.9 Å². The van der Waals surface area contributed by atoms with Gasteiger partial charge in [-0.05, 0) is 12.1 Å². The first kappa shape index (κ1) is 33.6. The van der Waals surface area contributed by atoms with Crippen molar-refractivity contribution in [3.8, 4) is 0 Å². The van der Waals surface area contributed by atoms with E-state index in [2.05, 4.69) is 0 Å². The molecule has 1 aromatic rings. The van der Waals surface area contributed by atoms with E-state index >= 15 is 0 Å². The van der Waals surface area contributed by atoms with E-state index in [1.54, 1.807) is 0 Å². The Morgan fingerprint density at radius 1 is 0.750 bits per heavy atom. The van der Waals surface area contributed by atoms with Crippen molar-refractivity contribution in [3.63, 3.8) is 0 Å². The summed E-state index contributed by atoms with van der Waals surface area (Å²) in [4.78, 5) is 18.3. The first-order chi connectivity index (χ1) is 8.85. The van der Waals surface area contributed by atoms with Gasteiger partial charge in [-0.15, -0.1) is 0 Å². The van der Waals surface area contributed by atoms with Gasteiger partial charge in [-0.2, -0.15) is 0 Å². The zero-order chi connectivity index (χ0) is 15.9. The molecule has 0 amide bonds. The molecule has 0 spiro atoms. The maximum Gasteiger partial charge on any atom is 1.00 e. The largest absolute Gasteiger partial charge is 1.00 e. The summed E-state index contributed by atoms with van der Waals surface area (Å²) in [5.41, 5.74) is -3.07. The van der Waals surface area contributed by atoms with E-state index in [0.29, 0.717) is 0 Å². The zero-order valence-electron chi connectivity index (χ0n) is 13.1. The van der Waals surface area contributed by atoms with Gasteiger partial charge in [0.15, 0.2) is 0 Å². The van der Waals surface area contributed by atoms with Crippen LogP contribution in [0.5, 0.6) is 0 Å². The maximum atomic E-state index is 10.9. The fourth-order valence-corrected chi connectivity index (χ4v) is 2.62. The van der Waals surface area contributed by atoms with Gasteiger partial charge in [0.1, 0.15) is 20.2 Å². The molecule has 0 aliphatic rings. The molecule has 0 unspecified atom stereocenters. The molecule has 0 aliphatic carbocycles. The van der Waals surface area contributed by atoms with Gasteiger partial charge in [0, 0.05) is 11.1 Å². The molecule has 0 atom stereocenters. The van der Waals surface area contributed by atoms with E-state index in [9.17, 15) is 45.7 Å². The summed E-state index contributed by atoms with van der Waals surface area (Å²) < 4.78 is 64.8. The van der Waals surface area contributed by atoms with Gasteiger partial charge in [0.25, 0.3) is 0 Å². The van der Waals surface area contributed by atoms with E-state index in [4.69, 9.17) is 0 Å². The molecular weight excluding hydrogens is 412 g/mol. The van der Waals surface area contributed by atoms with Gasteiger partial charge >= 0.3 is 118 Å². The molecule has 0 aromatic heterocycles. The van der Waals surface area contributed by atoms with E-state index in [1.165, 1.54) is 0 Å². The van der Waals surface area contributed by atoms with Crippen LogP contribution in [-0.4, -0.2) is 37.9 Å². The number of benzene rings is 1. The Kier molecular flexibility index (Phi) is 17.4. The molecule has 0 fully saturated rings. The van der Waals surface area contributed by atoms with Crippen molar-refractivity contribution in [2.24, 2.45) is 0 Å². The average molecular weight is 414 g/mol. The van der Waals surface area contributed by atoms with Crippen molar-refractivity contribution >= 4 is 32.2 Å². The average Bonchev–Trinajstić information content (AvgIpc) is 2.24. The third-order valence-corrected chi connectivity index (χ3v) is 3.73. The topological polar surface area (TPSA) is 195 Å². The number of rotatable bonds is 4. The normalized spacial score (nSPS) is 10.1. The van der Waals surface area contributed by atoms with Crippen LogP contribution in [0, 0.1) is 0 Å². The van der Waals surface area contributed by atoms with E-state index in [0.717, 1.165) is 0 Å². The van der Waals surface area contributed by atoms with Crippen LogP contribution >= 0.6 is 0 Å². The van der Waals surface area contributed by atoms with Gasteiger partial charge in [-0.1, -0.05) is 0 Å². The van der Waals surface area contributed by atoms with Crippen LogP contribution in [0.25, 0.3) is 0 Å². The minimum absolute atomic E-state index is 0. The molecule has 0 N–H and O–H groups in total. The van der Waals surface area contributed by atoms with Crippen LogP contribution < -0.4 is 128 Å². The van der Waals surface area contributed by atoms with Gasteiger partial charge in [0.05, 0.1) is 21.7 Å². The molecule has 16 heteroatoms. The number of aromatic carboxylic acids is 2. The summed E-state index contributed by atoms with van der Waals surface area (Å²) in [5.74, 6) is -4.67. The Hall–Kier alpha value is 1.98. The molecule has 0 heterocycles.